The molecular formula is C16H14FN3. The first-order chi connectivity index (χ1) is 9.81. The van der Waals surface area contributed by atoms with Crippen LogP contribution in [0.5, 0.6) is 0 Å². The zero-order valence-electron chi connectivity index (χ0n) is 10.8. The third-order valence-electron chi connectivity index (χ3n) is 3.40. The second-order valence-electron chi connectivity index (χ2n) is 4.57. The first-order valence-corrected chi connectivity index (χ1v) is 6.34. The van der Waals surface area contributed by atoms with Crippen LogP contribution in [0.4, 0.5) is 4.39 Å². The molecule has 0 fully saturated rings. The van der Waals surface area contributed by atoms with Crippen LogP contribution in [0.3, 0.4) is 0 Å². The molecule has 3 rings (SSSR count). The Bertz CT molecular complexity index is 728. The van der Waals surface area contributed by atoms with E-state index in [0.29, 0.717) is 5.39 Å². The van der Waals surface area contributed by atoms with Crippen LogP contribution in [0.25, 0.3) is 10.8 Å². The van der Waals surface area contributed by atoms with Crippen molar-refractivity contribution in [2.24, 2.45) is 5.84 Å². The predicted octanol–water partition coefficient (Wildman–Crippen LogP) is 2.93. The van der Waals surface area contributed by atoms with Crippen molar-refractivity contribution >= 4 is 10.8 Å². The summed E-state index contributed by atoms with van der Waals surface area (Å²) in [5.74, 6) is 5.46. The molecule has 0 aliphatic heterocycles. The maximum Gasteiger partial charge on any atom is 0.131 e. The van der Waals surface area contributed by atoms with Gasteiger partial charge in [0.05, 0.1) is 6.04 Å². The van der Waals surface area contributed by atoms with Gasteiger partial charge < -0.3 is 0 Å². The highest BCUT2D eigenvalue weighted by atomic mass is 19.1. The minimum atomic E-state index is -0.230. The molecule has 1 atom stereocenters. The summed E-state index contributed by atoms with van der Waals surface area (Å²) in [5.41, 5.74) is 4.65. The molecule has 1 unspecified atom stereocenters. The highest BCUT2D eigenvalue weighted by Gasteiger charge is 2.16. The standard InChI is InChI=1S/C16H14FN3/c17-15-8-7-14(12-5-1-2-6-13(12)15)16(20-18)11-4-3-9-19-10-11/h1-10,16,20H,18H2. The van der Waals surface area contributed by atoms with Gasteiger partial charge in [-0.15, -0.1) is 0 Å². The zero-order chi connectivity index (χ0) is 13.9. The summed E-state index contributed by atoms with van der Waals surface area (Å²) >= 11 is 0. The minimum absolute atomic E-state index is 0.228. The molecule has 1 aromatic heterocycles. The number of pyridine rings is 1. The molecule has 0 spiro atoms. The minimum Gasteiger partial charge on any atom is -0.271 e. The fourth-order valence-electron chi connectivity index (χ4n) is 2.45. The number of benzene rings is 2. The molecule has 3 aromatic rings. The summed E-state index contributed by atoms with van der Waals surface area (Å²) in [4.78, 5) is 4.11. The number of hydrazine groups is 1. The van der Waals surface area contributed by atoms with Crippen molar-refractivity contribution in [3.63, 3.8) is 0 Å². The van der Waals surface area contributed by atoms with Crippen molar-refractivity contribution in [2.45, 2.75) is 6.04 Å². The zero-order valence-corrected chi connectivity index (χ0v) is 10.8. The molecule has 1 heterocycles. The largest absolute Gasteiger partial charge is 0.271 e. The number of hydrogen-bond acceptors (Lipinski definition) is 3. The van der Waals surface area contributed by atoms with E-state index >= 15 is 0 Å². The van der Waals surface area contributed by atoms with Gasteiger partial charge >= 0.3 is 0 Å². The van der Waals surface area contributed by atoms with E-state index in [-0.39, 0.29) is 11.9 Å². The summed E-state index contributed by atoms with van der Waals surface area (Å²) in [6, 6.07) is 14.2. The van der Waals surface area contributed by atoms with Crippen LogP contribution in [-0.4, -0.2) is 4.98 Å². The van der Waals surface area contributed by atoms with E-state index in [1.165, 1.54) is 6.07 Å². The summed E-state index contributed by atoms with van der Waals surface area (Å²) < 4.78 is 13.9. The molecular weight excluding hydrogens is 253 g/mol. The summed E-state index contributed by atoms with van der Waals surface area (Å²) in [5, 5.41) is 1.44. The lowest BCUT2D eigenvalue weighted by Crippen LogP contribution is -2.29. The molecule has 0 saturated heterocycles. The summed E-state index contributed by atoms with van der Waals surface area (Å²) in [6.07, 6.45) is 3.46. The first-order valence-electron chi connectivity index (χ1n) is 6.34. The normalized spacial score (nSPS) is 12.5. The van der Waals surface area contributed by atoms with Crippen molar-refractivity contribution in [3.8, 4) is 0 Å². The van der Waals surface area contributed by atoms with Gasteiger partial charge in [0.1, 0.15) is 5.82 Å². The Morgan fingerprint density at radius 3 is 2.50 bits per heavy atom. The van der Waals surface area contributed by atoms with Crippen LogP contribution >= 0.6 is 0 Å². The summed E-state index contributed by atoms with van der Waals surface area (Å²) in [6.45, 7) is 0. The van der Waals surface area contributed by atoms with Gasteiger partial charge in [0, 0.05) is 17.8 Å². The molecule has 3 N–H and O–H groups in total. The van der Waals surface area contributed by atoms with E-state index in [2.05, 4.69) is 10.4 Å². The van der Waals surface area contributed by atoms with Crippen LogP contribution in [0.1, 0.15) is 17.2 Å². The molecule has 0 saturated carbocycles. The quantitative estimate of drug-likeness (QED) is 0.566. The number of nitrogens with zero attached hydrogens (tertiary/aromatic N) is 1. The first kappa shape index (κ1) is 12.7. The number of nitrogens with two attached hydrogens (primary N) is 1. The average Bonchev–Trinajstić information content (AvgIpc) is 2.52. The Kier molecular flexibility index (Phi) is 3.41. The second-order valence-corrected chi connectivity index (χ2v) is 4.57. The SMILES string of the molecule is NNC(c1cccnc1)c1ccc(F)c2ccccc12. The van der Waals surface area contributed by atoms with Crippen molar-refractivity contribution in [1.82, 2.24) is 10.4 Å². The average molecular weight is 267 g/mol. The van der Waals surface area contributed by atoms with E-state index < -0.39 is 0 Å². The van der Waals surface area contributed by atoms with Crippen LogP contribution in [0.15, 0.2) is 60.9 Å². The maximum absolute atomic E-state index is 13.9. The van der Waals surface area contributed by atoms with Crippen molar-refractivity contribution in [1.29, 1.82) is 0 Å². The van der Waals surface area contributed by atoms with E-state index in [1.54, 1.807) is 24.5 Å². The Hall–Kier alpha value is -2.30. The fourth-order valence-corrected chi connectivity index (χ4v) is 2.45. The summed E-state index contributed by atoms with van der Waals surface area (Å²) in [7, 11) is 0. The molecule has 100 valence electrons. The van der Waals surface area contributed by atoms with Gasteiger partial charge in [-0.25, -0.2) is 9.82 Å². The number of fused-ring (bicyclic) bond motifs is 1. The number of nitrogens with one attached hydrogen (secondary N) is 1. The lowest BCUT2D eigenvalue weighted by molar-refractivity contribution is 0.626. The van der Waals surface area contributed by atoms with E-state index in [1.807, 2.05) is 30.3 Å². The molecule has 3 nitrogen and oxygen atoms in total. The highest BCUT2D eigenvalue weighted by molar-refractivity contribution is 5.87. The third kappa shape index (κ3) is 2.15. The van der Waals surface area contributed by atoms with Gasteiger partial charge in [0.15, 0.2) is 0 Å². The monoisotopic (exact) mass is 267 g/mol. The van der Waals surface area contributed by atoms with Crippen LogP contribution in [0.2, 0.25) is 0 Å². The van der Waals surface area contributed by atoms with E-state index in [9.17, 15) is 4.39 Å². The number of hydrogen-bond donors (Lipinski definition) is 2. The van der Waals surface area contributed by atoms with Gasteiger partial charge in [-0.2, -0.15) is 0 Å². The Labute approximate surface area is 116 Å². The molecule has 4 heteroatoms. The second kappa shape index (κ2) is 5.36. The fraction of sp³-hybridized carbons (Fsp3) is 0.0625. The Morgan fingerprint density at radius 1 is 1.00 bits per heavy atom. The van der Waals surface area contributed by atoms with Crippen molar-refractivity contribution in [2.75, 3.05) is 0 Å². The van der Waals surface area contributed by atoms with E-state index in [0.717, 1.165) is 16.5 Å². The third-order valence-corrected chi connectivity index (χ3v) is 3.40. The smallest absolute Gasteiger partial charge is 0.131 e. The number of rotatable bonds is 3. The van der Waals surface area contributed by atoms with Gasteiger partial charge in [-0.3, -0.25) is 10.8 Å². The predicted molar refractivity (Wildman–Crippen MR) is 77.3 cm³/mol. The van der Waals surface area contributed by atoms with E-state index in [4.69, 9.17) is 5.84 Å². The van der Waals surface area contributed by atoms with Crippen molar-refractivity contribution in [3.05, 3.63) is 77.9 Å². The molecule has 0 radical (unpaired) electrons. The highest BCUT2D eigenvalue weighted by Crippen LogP contribution is 2.29. The van der Waals surface area contributed by atoms with Crippen LogP contribution < -0.4 is 11.3 Å². The number of aromatic nitrogens is 1. The molecule has 0 aliphatic rings. The Balaban J connectivity index is 2.21. The van der Waals surface area contributed by atoms with Gasteiger partial charge in [-0.05, 0) is 28.6 Å². The lowest BCUT2D eigenvalue weighted by atomic mass is 9.95. The molecule has 0 amide bonds. The molecule has 20 heavy (non-hydrogen) atoms. The molecule has 2 aromatic carbocycles. The number of halogens is 1. The Morgan fingerprint density at radius 2 is 1.80 bits per heavy atom. The van der Waals surface area contributed by atoms with Gasteiger partial charge in [0.25, 0.3) is 0 Å². The molecule has 0 aliphatic carbocycles. The van der Waals surface area contributed by atoms with Crippen molar-refractivity contribution < 1.29 is 4.39 Å². The topological polar surface area (TPSA) is 50.9 Å². The maximum atomic E-state index is 13.9. The lowest BCUT2D eigenvalue weighted by Gasteiger charge is -2.18. The van der Waals surface area contributed by atoms with Gasteiger partial charge in [0.2, 0.25) is 0 Å². The molecule has 0 bridgehead atoms. The van der Waals surface area contributed by atoms with Crippen LogP contribution in [0, 0.1) is 5.82 Å². The van der Waals surface area contributed by atoms with Gasteiger partial charge in [-0.1, -0.05) is 36.4 Å². The van der Waals surface area contributed by atoms with Crippen LogP contribution in [-0.2, 0) is 0 Å².